The fourth-order valence-electron chi connectivity index (χ4n) is 3.92. The lowest BCUT2D eigenvalue weighted by Crippen LogP contribution is -2.44. The van der Waals surface area contributed by atoms with Crippen molar-refractivity contribution in [3.05, 3.63) is 103 Å². The van der Waals surface area contributed by atoms with Crippen molar-refractivity contribution in [2.75, 3.05) is 11.9 Å². The van der Waals surface area contributed by atoms with E-state index in [4.69, 9.17) is 10.5 Å². The normalized spacial score (nSPS) is 11.6. The molecule has 4 N–H and O–H groups in total. The summed E-state index contributed by atoms with van der Waals surface area (Å²) in [6.45, 7) is 0.527. The molecule has 6 nitrogen and oxygen atoms in total. The summed E-state index contributed by atoms with van der Waals surface area (Å²) in [5.41, 5.74) is 6.72. The Morgan fingerprint density at radius 3 is 2.34 bits per heavy atom. The quantitative estimate of drug-likeness (QED) is 0.269. The molecule has 0 aromatic heterocycles. The van der Waals surface area contributed by atoms with Gasteiger partial charge in [0.15, 0.2) is 5.75 Å². The van der Waals surface area contributed by atoms with Gasteiger partial charge in [-0.25, -0.2) is 0 Å². The Hall–Kier alpha value is -4.16. The third-order valence-electron chi connectivity index (χ3n) is 5.72. The van der Waals surface area contributed by atoms with E-state index in [0.717, 1.165) is 17.2 Å². The minimum atomic E-state index is -0.724. The molecule has 0 unspecified atom stereocenters. The maximum atomic E-state index is 13.3. The van der Waals surface area contributed by atoms with Crippen molar-refractivity contribution in [3.8, 4) is 11.5 Å². The summed E-state index contributed by atoms with van der Waals surface area (Å²) < 4.78 is 5.97. The van der Waals surface area contributed by atoms with Gasteiger partial charge in [0.1, 0.15) is 11.8 Å². The first-order valence-corrected chi connectivity index (χ1v) is 11.8. The number of benzene rings is 4. The highest BCUT2D eigenvalue weighted by molar-refractivity contribution is 6.09. The molecule has 2 amide bonds. The smallest absolute Gasteiger partial charge is 0.252 e. The molecule has 4 rings (SSSR count). The van der Waals surface area contributed by atoms with Crippen LogP contribution in [0.4, 0.5) is 5.69 Å². The van der Waals surface area contributed by atoms with Crippen molar-refractivity contribution in [1.29, 1.82) is 0 Å². The van der Waals surface area contributed by atoms with Crippen LogP contribution in [0.25, 0.3) is 10.8 Å². The lowest BCUT2D eigenvalue weighted by molar-refractivity contribution is -0.118. The molecule has 0 aliphatic carbocycles. The molecule has 0 saturated carbocycles. The number of hydrogen-bond donors (Lipinski definition) is 3. The van der Waals surface area contributed by atoms with E-state index in [0.29, 0.717) is 42.1 Å². The fraction of sp³-hybridized carbons (Fsp3) is 0.172. The molecule has 35 heavy (non-hydrogen) atoms. The van der Waals surface area contributed by atoms with Crippen LogP contribution in [0.3, 0.4) is 0 Å². The van der Waals surface area contributed by atoms with Crippen LogP contribution in [0.2, 0.25) is 0 Å². The van der Waals surface area contributed by atoms with Crippen molar-refractivity contribution in [3.63, 3.8) is 0 Å². The van der Waals surface area contributed by atoms with Gasteiger partial charge < -0.3 is 21.1 Å². The van der Waals surface area contributed by atoms with Crippen LogP contribution in [0.1, 0.15) is 29.6 Å². The average Bonchev–Trinajstić information content (AvgIpc) is 2.89. The molecule has 0 aliphatic rings. The number of ether oxygens (including phenoxy) is 1. The molecular formula is C29H29N3O3. The highest BCUT2D eigenvalue weighted by Crippen LogP contribution is 2.29. The maximum Gasteiger partial charge on any atom is 0.252 e. The van der Waals surface area contributed by atoms with E-state index >= 15 is 0 Å². The summed E-state index contributed by atoms with van der Waals surface area (Å²) in [6, 6.07) is 29.2. The summed E-state index contributed by atoms with van der Waals surface area (Å²) in [7, 11) is 0. The number of nitrogens with one attached hydrogen (secondary N) is 2. The highest BCUT2D eigenvalue weighted by Gasteiger charge is 2.23. The van der Waals surface area contributed by atoms with Crippen molar-refractivity contribution in [2.24, 2.45) is 5.73 Å². The SMILES string of the molecule is NCCCC[C@@H](NC(=O)c1cccc2ccccc12)C(=O)Nc1ccccc1Oc1ccccc1. The van der Waals surface area contributed by atoms with Gasteiger partial charge in [-0.3, -0.25) is 9.59 Å². The molecule has 0 bridgehead atoms. The Bertz CT molecular complexity index is 1290. The van der Waals surface area contributed by atoms with E-state index in [9.17, 15) is 9.59 Å². The number of anilines is 1. The van der Waals surface area contributed by atoms with E-state index in [1.54, 1.807) is 18.2 Å². The van der Waals surface area contributed by atoms with Crippen LogP contribution in [0.5, 0.6) is 11.5 Å². The van der Waals surface area contributed by atoms with E-state index in [1.165, 1.54) is 0 Å². The van der Waals surface area contributed by atoms with Gasteiger partial charge in [-0.2, -0.15) is 0 Å². The zero-order valence-electron chi connectivity index (χ0n) is 19.4. The average molecular weight is 468 g/mol. The summed E-state index contributed by atoms with van der Waals surface area (Å²) in [5, 5.41) is 7.69. The van der Waals surface area contributed by atoms with Gasteiger partial charge in [0.05, 0.1) is 5.69 Å². The van der Waals surface area contributed by atoms with Gasteiger partial charge in [0, 0.05) is 5.56 Å². The van der Waals surface area contributed by atoms with Crippen molar-refractivity contribution in [2.45, 2.75) is 25.3 Å². The van der Waals surface area contributed by atoms with Crippen LogP contribution < -0.4 is 21.1 Å². The van der Waals surface area contributed by atoms with Crippen molar-refractivity contribution in [1.82, 2.24) is 5.32 Å². The number of hydrogen-bond acceptors (Lipinski definition) is 4. The molecule has 178 valence electrons. The minimum Gasteiger partial charge on any atom is -0.455 e. The minimum absolute atomic E-state index is 0.288. The largest absolute Gasteiger partial charge is 0.455 e. The van der Waals surface area contributed by atoms with E-state index < -0.39 is 6.04 Å². The Morgan fingerprint density at radius 2 is 1.51 bits per heavy atom. The number of fused-ring (bicyclic) bond motifs is 1. The van der Waals surface area contributed by atoms with Crippen LogP contribution in [0, 0.1) is 0 Å². The molecule has 0 aliphatic heterocycles. The van der Waals surface area contributed by atoms with Gasteiger partial charge in [0.25, 0.3) is 5.91 Å². The summed E-state index contributed by atoms with van der Waals surface area (Å²) in [5.74, 6) is 0.592. The first-order valence-electron chi connectivity index (χ1n) is 11.8. The van der Waals surface area contributed by atoms with Gasteiger partial charge in [-0.05, 0) is 66.9 Å². The Labute approximate surface area is 205 Å². The second-order valence-corrected chi connectivity index (χ2v) is 8.24. The highest BCUT2D eigenvalue weighted by atomic mass is 16.5. The van der Waals surface area contributed by atoms with E-state index in [-0.39, 0.29) is 11.8 Å². The third kappa shape index (κ3) is 6.25. The predicted octanol–water partition coefficient (Wildman–Crippen LogP) is 5.50. The Morgan fingerprint density at radius 1 is 0.800 bits per heavy atom. The van der Waals surface area contributed by atoms with E-state index in [1.807, 2.05) is 78.9 Å². The summed E-state index contributed by atoms with van der Waals surface area (Å²) in [6.07, 6.45) is 1.95. The van der Waals surface area contributed by atoms with Crippen LogP contribution in [0.15, 0.2) is 97.1 Å². The van der Waals surface area contributed by atoms with Gasteiger partial charge >= 0.3 is 0 Å². The molecule has 0 heterocycles. The molecule has 4 aromatic carbocycles. The first-order chi connectivity index (χ1) is 17.2. The second-order valence-electron chi connectivity index (χ2n) is 8.24. The molecule has 0 radical (unpaired) electrons. The zero-order chi connectivity index (χ0) is 24.5. The number of unbranched alkanes of at least 4 members (excludes halogenated alkanes) is 1. The van der Waals surface area contributed by atoms with Crippen LogP contribution in [-0.2, 0) is 4.79 Å². The van der Waals surface area contributed by atoms with Gasteiger partial charge in [0.2, 0.25) is 5.91 Å². The third-order valence-corrected chi connectivity index (χ3v) is 5.72. The summed E-state index contributed by atoms with van der Waals surface area (Å²) in [4.78, 5) is 26.6. The predicted molar refractivity (Wildman–Crippen MR) is 140 cm³/mol. The number of carbonyl (C=O) groups is 2. The molecule has 0 spiro atoms. The van der Waals surface area contributed by atoms with Crippen LogP contribution >= 0.6 is 0 Å². The van der Waals surface area contributed by atoms with Gasteiger partial charge in [-0.1, -0.05) is 66.7 Å². The van der Waals surface area contributed by atoms with Crippen LogP contribution in [-0.4, -0.2) is 24.4 Å². The molecular weight excluding hydrogens is 438 g/mol. The number of amides is 2. The summed E-state index contributed by atoms with van der Waals surface area (Å²) >= 11 is 0. The topological polar surface area (TPSA) is 93.5 Å². The van der Waals surface area contributed by atoms with Crippen molar-refractivity contribution >= 4 is 28.3 Å². The first kappa shape index (κ1) is 24.0. The molecule has 0 saturated heterocycles. The van der Waals surface area contributed by atoms with Gasteiger partial charge in [-0.15, -0.1) is 0 Å². The number of para-hydroxylation sites is 3. The molecule has 0 fully saturated rings. The number of nitrogens with two attached hydrogens (primary N) is 1. The maximum absolute atomic E-state index is 13.3. The monoisotopic (exact) mass is 467 g/mol. The lowest BCUT2D eigenvalue weighted by Gasteiger charge is -2.20. The number of carbonyl (C=O) groups excluding carboxylic acids is 2. The van der Waals surface area contributed by atoms with Crippen molar-refractivity contribution < 1.29 is 14.3 Å². The fourth-order valence-corrected chi connectivity index (χ4v) is 3.92. The molecule has 6 heteroatoms. The molecule has 1 atom stereocenters. The second kappa shape index (κ2) is 11.8. The lowest BCUT2D eigenvalue weighted by atomic mass is 10.0. The Balaban J connectivity index is 1.53. The Kier molecular flexibility index (Phi) is 8.09. The zero-order valence-corrected chi connectivity index (χ0v) is 19.4. The number of rotatable bonds is 10. The standard InChI is InChI=1S/C29H29N3O3/c30-20-9-8-18-26(32-28(33)24-16-10-12-21-11-4-5-15-23(21)24)29(34)31-25-17-6-7-19-27(25)35-22-13-2-1-3-14-22/h1-7,10-17,19,26H,8-9,18,20,30H2,(H,31,34)(H,32,33)/t26-/m1/s1. The van der Waals surface area contributed by atoms with E-state index in [2.05, 4.69) is 10.6 Å². The molecule has 4 aromatic rings.